The summed E-state index contributed by atoms with van der Waals surface area (Å²) in [5.74, 6) is 1.19. The lowest BCUT2D eigenvalue weighted by molar-refractivity contribution is 0.483. The Morgan fingerprint density at radius 1 is 1.09 bits per heavy atom. The molecule has 1 heterocycles. The molecule has 0 aromatic heterocycles. The Morgan fingerprint density at radius 3 is 2.45 bits per heavy atom. The summed E-state index contributed by atoms with van der Waals surface area (Å²) in [5.41, 5.74) is 6.13. The summed E-state index contributed by atoms with van der Waals surface area (Å²) in [6.45, 7) is 0.569. The second-order valence-electron chi connectivity index (χ2n) is 5.15. The molecule has 2 N–H and O–H groups in total. The normalized spacial score (nSPS) is 20.0. The smallest absolute Gasteiger partial charge is 0.239 e. The standard InChI is InChI=1S/C16H18N2O3S/c17-12-14-10-11-18(22(14,19)20)15-8-4-5-9-16(15)21-13-6-2-1-3-7-13/h1-9,14H,10-12,17H2/t14-/m1/s1. The number of para-hydroxylation sites is 3. The van der Waals surface area contributed by atoms with Crippen LogP contribution in [0.15, 0.2) is 54.6 Å². The summed E-state index contributed by atoms with van der Waals surface area (Å²) in [6, 6.07) is 16.5. The lowest BCUT2D eigenvalue weighted by atomic mass is 10.2. The SMILES string of the molecule is NC[C@H]1CCN(c2ccccc2Oc2ccccc2)S1(=O)=O. The molecule has 0 aliphatic carbocycles. The van der Waals surface area contributed by atoms with Gasteiger partial charge in [-0.2, -0.15) is 0 Å². The lowest BCUT2D eigenvalue weighted by Gasteiger charge is -2.21. The van der Waals surface area contributed by atoms with E-state index in [1.54, 1.807) is 18.2 Å². The summed E-state index contributed by atoms with van der Waals surface area (Å²) >= 11 is 0. The quantitative estimate of drug-likeness (QED) is 0.939. The van der Waals surface area contributed by atoms with Gasteiger partial charge in [0.25, 0.3) is 0 Å². The number of ether oxygens (including phenoxy) is 1. The zero-order valence-electron chi connectivity index (χ0n) is 12.1. The molecule has 0 unspecified atom stereocenters. The molecule has 0 bridgehead atoms. The van der Waals surface area contributed by atoms with Gasteiger partial charge in [0.15, 0.2) is 5.75 Å². The van der Waals surface area contributed by atoms with Crippen molar-refractivity contribution >= 4 is 15.7 Å². The molecule has 1 aliphatic heterocycles. The van der Waals surface area contributed by atoms with Crippen LogP contribution in [0, 0.1) is 0 Å². The number of hydrogen-bond donors (Lipinski definition) is 1. The van der Waals surface area contributed by atoms with E-state index in [9.17, 15) is 8.42 Å². The molecule has 22 heavy (non-hydrogen) atoms. The minimum atomic E-state index is -3.42. The molecule has 5 nitrogen and oxygen atoms in total. The fraction of sp³-hybridized carbons (Fsp3) is 0.250. The van der Waals surface area contributed by atoms with E-state index in [1.807, 2.05) is 36.4 Å². The van der Waals surface area contributed by atoms with E-state index >= 15 is 0 Å². The highest BCUT2D eigenvalue weighted by Gasteiger charge is 2.39. The van der Waals surface area contributed by atoms with Gasteiger partial charge in [0.05, 0.1) is 10.9 Å². The largest absolute Gasteiger partial charge is 0.455 e. The Morgan fingerprint density at radius 2 is 1.77 bits per heavy atom. The van der Waals surface area contributed by atoms with Crippen LogP contribution in [-0.4, -0.2) is 26.8 Å². The maximum absolute atomic E-state index is 12.5. The maximum atomic E-state index is 12.5. The van der Waals surface area contributed by atoms with E-state index in [1.165, 1.54) is 4.31 Å². The molecule has 1 atom stereocenters. The predicted molar refractivity (Wildman–Crippen MR) is 86.7 cm³/mol. The predicted octanol–water partition coefficient (Wildman–Crippen LogP) is 2.35. The molecule has 2 aromatic carbocycles. The van der Waals surface area contributed by atoms with Crippen LogP contribution < -0.4 is 14.8 Å². The van der Waals surface area contributed by atoms with Gasteiger partial charge in [-0.1, -0.05) is 30.3 Å². The Bertz CT molecular complexity index is 747. The summed E-state index contributed by atoms with van der Waals surface area (Å²) in [7, 11) is -3.42. The molecular formula is C16H18N2O3S. The third-order valence-corrected chi connectivity index (χ3v) is 6.01. The highest BCUT2D eigenvalue weighted by molar-refractivity contribution is 7.93. The first-order valence-corrected chi connectivity index (χ1v) is 8.67. The first-order chi connectivity index (χ1) is 10.6. The Hall–Kier alpha value is -2.05. The van der Waals surface area contributed by atoms with Crippen molar-refractivity contribution < 1.29 is 13.2 Å². The Balaban J connectivity index is 1.96. The second kappa shape index (κ2) is 5.98. The van der Waals surface area contributed by atoms with Crippen LogP contribution in [0.1, 0.15) is 6.42 Å². The van der Waals surface area contributed by atoms with Crippen LogP contribution in [0.3, 0.4) is 0 Å². The van der Waals surface area contributed by atoms with Gasteiger partial charge in [-0.25, -0.2) is 8.42 Å². The third kappa shape index (κ3) is 2.67. The van der Waals surface area contributed by atoms with Gasteiger partial charge in [0.2, 0.25) is 10.0 Å². The number of hydrogen-bond acceptors (Lipinski definition) is 4. The van der Waals surface area contributed by atoms with Crippen LogP contribution in [0.4, 0.5) is 5.69 Å². The third-order valence-electron chi connectivity index (χ3n) is 3.75. The molecule has 0 amide bonds. The fourth-order valence-electron chi connectivity index (χ4n) is 2.58. The molecule has 116 valence electrons. The van der Waals surface area contributed by atoms with E-state index in [-0.39, 0.29) is 6.54 Å². The van der Waals surface area contributed by atoms with Crippen LogP contribution in [0.25, 0.3) is 0 Å². The van der Waals surface area contributed by atoms with Crippen molar-refractivity contribution in [1.29, 1.82) is 0 Å². The van der Waals surface area contributed by atoms with E-state index < -0.39 is 15.3 Å². The molecule has 0 spiro atoms. The highest BCUT2D eigenvalue weighted by atomic mass is 32.2. The average Bonchev–Trinajstić information content (AvgIpc) is 2.83. The van der Waals surface area contributed by atoms with Gasteiger partial charge in [0.1, 0.15) is 5.75 Å². The molecule has 0 saturated carbocycles. The van der Waals surface area contributed by atoms with Crippen molar-refractivity contribution in [2.45, 2.75) is 11.7 Å². The summed E-state index contributed by atoms with van der Waals surface area (Å²) in [4.78, 5) is 0. The number of nitrogens with zero attached hydrogens (tertiary/aromatic N) is 1. The lowest BCUT2D eigenvalue weighted by Crippen LogP contribution is -2.33. The first kappa shape index (κ1) is 14.9. The van der Waals surface area contributed by atoms with Crippen molar-refractivity contribution in [1.82, 2.24) is 0 Å². The fourth-order valence-corrected chi connectivity index (χ4v) is 4.37. The van der Waals surface area contributed by atoms with Gasteiger partial charge in [0, 0.05) is 13.1 Å². The van der Waals surface area contributed by atoms with Gasteiger partial charge >= 0.3 is 0 Å². The average molecular weight is 318 g/mol. The summed E-state index contributed by atoms with van der Waals surface area (Å²) in [5, 5.41) is -0.516. The van der Waals surface area contributed by atoms with Crippen molar-refractivity contribution in [2.75, 3.05) is 17.4 Å². The minimum absolute atomic E-state index is 0.139. The second-order valence-corrected chi connectivity index (χ2v) is 7.28. The molecule has 1 saturated heterocycles. The van der Waals surface area contributed by atoms with Gasteiger partial charge in [-0.3, -0.25) is 4.31 Å². The summed E-state index contributed by atoms with van der Waals surface area (Å²) < 4.78 is 32.3. The van der Waals surface area contributed by atoms with Gasteiger partial charge in [-0.05, 0) is 30.7 Å². The van der Waals surface area contributed by atoms with Gasteiger partial charge in [-0.15, -0.1) is 0 Å². The number of benzene rings is 2. The van der Waals surface area contributed by atoms with Crippen LogP contribution in [-0.2, 0) is 10.0 Å². The minimum Gasteiger partial charge on any atom is -0.455 e. The topological polar surface area (TPSA) is 72.6 Å². The Kier molecular flexibility index (Phi) is 4.04. The summed E-state index contributed by atoms with van der Waals surface area (Å²) in [6.07, 6.45) is 0.540. The number of nitrogens with two attached hydrogens (primary N) is 1. The van der Waals surface area contributed by atoms with Crippen molar-refractivity contribution in [3.8, 4) is 11.5 Å². The van der Waals surface area contributed by atoms with Crippen molar-refractivity contribution in [2.24, 2.45) is 5.73 Å². The number of sulfonamides is 1. The van der Waals surface area contributed by atoms with E-state index in [4.69, 9.17) is 10.5 Å². The molecule has 3 rings (SSSR count). The molecule has 6 heteroatoms. The number of rotatable bonds is 4. The van der Waals surface area contributed by atoms with E-state index in [0.717, 1.165) is 0 Å². The van der Waals surface area contributed by atoms with E-state index in [0.29, 0.717) is 30.2 Å². The van der Waals surface area contributed by atoms with Crippen molar-refractivity contribution in [3.05, 3.63) is 54.6 Å². The van der Waals surface area contributed by atoms with Gasteiger partial charge < -0.3 is 10.5 Å². The Labute approximate surface area is 130 Å². The maximum Gasteiger partial charge on any atom is 0.239 e. The van der Waals surface area contributed by atoms with Crippen LogP contribution in [0.5, 0.6) is 11.5 Å². The molecule has 0 radical (unpaired) electrons. The monoisotopic (exact) mass is 318 g/mol. The highest BCUT2D eigenvalue weighted by Crippen LogP contribution is 2.37. The zero-order valence-corrected chi connectivity index (χ0v) is 12.9. The first-order valence-electron chi connectivity index (χ1n) is 7.16. The zero-order chi connectivity index (χ0) is 15.6. The van der Waals surface area contributed by atoms with Crippen LogP contribution in [0.2, 0.25) is 0 Å². The van der Waals surface area contributed by atoms with Crippen molar-refractivity contribution in [3.63, 3.8) is 0 Å². The number of anilines is 1. The molecule has 2 aromatic rings. The van der Waals surface area contributed by atoms with E-state index in [2.05, 4.69) is 0 Å². The molecule has 1 fully saturated rings. The molecule has 1 aliphatic rings. The van der Waals surface area contributed by atoms with Crippen LogP contribution >= 0.6 is 0 Å². The molecular weight excluding hydrogens is 300 g/mol.